The Kier molecular flexibility index (Phi) is 5.77. The molecule has 0 atom stereocenters. The fourth-order valence-electron chi connectivity index (χ4n) is 3.22. The molecule has 0 bridgehead atoms. The summed E-state index contributed by atoms with van der Waals surface area (Å²) >= 11 is 0. The fourth-order valence-corrected chi connectivity index (χ4v) is 4.39. The zero-order valence-electron chi connectivity index (χ0n) is 17.3. The van der Waals surface area contributed by atoms with E-state index in [4.69, 9.17) is 5.73 Å². The Labute approximate surface area is 175 Å². The van der Waals surface area contributed by atoms with Crippen LogP contribution in [0.1, 0.15) is 29.3 Å². The summed E-state index contributed by atoms with van der Waals surface area (Å²) in [6.07, 6.45) is 1.75. The van der Waals surface area contributed by atoms with E-state index in [0.717, 1.165) is 0 Å². The molecule has 2 heterocycles. The second-order valence-corrected chi connectivity index (χ2v) is 10.4. The number of nitrogens with two attached hydrogens (primary N) is 1. The average Bonchev–Trinajstić information content (AvgIpc) is 3.09. The Morgan fingerprint density at radius 2 is 2.03 bits per heavy atom. The van der Waals surface area contributed by atoms with Gasteiger partial charge in [0.25, 0.3) is 0 Å². The summed E-state index contributed by atoms with van der Waals surface area (Å²) in [4.78, 5) is 16.3. The van der Waals surface area contributed by atoms with E-state index < -0.39 is 7.14 Å². The van der Waals surface area contributed by atoms with E-state index in [1.54, 1.807) is 62.3 Å². The Morgan fingerprint density at radius 1 is 1.30 bits per heavy atom. The number of Topliss-reactive ketones (excluding diaryl/α,β-unsaturated/α-hetero) is 1. The normalized spacial score (nSPS) is 11.2. The van der Waals surface area contributed by atoms with Crippen LogP contribution in [0.5, 0.6) is 0 Å². The lowest BCUT2D eigenvalue weighted by molar-refractivity contribution is 0.0988. The molecular formula is C21H23N6O2P. The van der Waals surface area contributed by atoms with Crippen molar-refractivity contribution in [3.8, 4) is 17.3 Å². The molecule has 0 unspecified atom stereocenters. The van der Waals surface area contributed by atoms with Gasteiger partial charge >= 0.3 is 0 Å². The summed E-state index contributed by atoms with van der Waals surface area (Å²) < 4.78 is 14.1. The van der Waals surface area contributed by atoms with Gasteiger partial charge in [-0.15, -0.1) is 0 Å². The first-order valence-electron chi connectivity index (χ1n) is 9.34. The van der Waals surface area contributed by atoms with E-state index in [-0.39, 0.29) is 11.6 Å². The minimum atomic E-state index is -2.53. The fraction of sp³-hybridized carbons (Fsp3) is 0.238. The van der Waals surface area contributed by atoms with Crippen molar-refractivity contribution in [1.82, 2.24) is 14.8 Å². The lowest BCUT2D eigenvalue weighted by Gasteiger charge is -2.14. The highest BCUT2D eigenvalue weighted by Gasteiger charge is 2.21. The van der Waals surface area contributed by atoms with E-state index in [2.05, 4.69) is 21.5 Å². The standard InChI is InChI=1S/C21H23N6O2P/c1-5-19(28)15-12-24-20(23)9-17(15)25-16-8-6-7-13(14(16)11-22)18-10-21(27(2)26-18)30(3,4)29/h6-10,12H,5H2,1-4H3,(H3,23,24,25). The number of carbonyl (C=O) groups excluding carboxylic acids is 1. The first-order chi connectivity index (χ1) is 14.2. The Hall–Kier alpha value is -3.43. The number of aromatic nitrogens is 3. The molecule has 9 heteroatoms. The number of rotatable bonds is 6. The molecule has 0 saturated heterocycles. The van der Waals surface area contributed by atoms with E-state index in [9.17, 15) is 14.6 Å². The highest BCUT2D eigenvalue weighted by atomic mass is 31.2. The summed E-state index contributed by atoms with van der Waals surface area (Å²) in [6.45, 7) is 5.12. The van der Waals surface area contributed by atoms with Crippen LogP contribution < -0.4 is 16.5 Å². The lowest BCUT2D eigenvalue weighted by Crippen LogP contribution is -2.13. The van der Waals surface area contributed by atoms with Gasteiger partial charge in [-0.1, -0.05) is 19.1 Å². The van der Waals surface area contributed by atoms with Crippen molar-refractivity contribution < 1.29 is 9.36 Å². The molecule has 2 aromatic heterocycles. The van der Waals surface area contributed by atoms with E-state index in [0.29, 0.717) is 45.6 Å². The molecule has 154 valence electrons. The maximum Gasteiger partial charge on any atom is 0.166 e. The van der Waals surface area contributed by atoms with Crippen LogP contribution in [0.15, 0.2) is 36.5 Å². The largest absolute Gasteiger partial charge is 0.384 e. The molecular weight excluding hydrogens is 399 g/mol. The van der Waals surface area contributed by atoms with Gasteiger partial charge in [-0.2, -0.15) is 10.4 Å². The van der Waals surface area contributed by atoms with Crippen molar-refractivity contribution >= 4 is 35.6 Å². The number of hydrogen-bond acceptors (Lipinski definition) is 7. The molecule has 0 aliphatic rings. The molecule has 0 aliphatic carbocycles. The number of aryl methyl sites for hydroxylation is 1. The highest BCUT2D eigenvalue weighted by molar-refractivity contribution is 7.69. The van der Waals surface area contributed by atoms with Crippen molar-refractivity contribution in [2.75, 3.05) is 24.4 Å². The molecule has 3 rings (SSSR count). The maximum absolute atomic E-state index is 12.5. The highest BCUT2D eigenvalue weighted by Crippen LogP contribution is 2.37. The summed E-state index contributed by atoms with van der Waals surface area (Å²) in [5.74, 6) is 0.173. The molecule has 0 spiro atoms. The van der Waals surface area contributed by atoms with E-state index in [1.807, 2.05) is 0 Å². The molecule has 8 nitrogen and oxygen atoms in total. The van der Waals surface area contributed by atoms with Crippen LogP contribution in [0.4, 0.5) is 17.2 Å². The monoisotopic (exact) mass is 422 g/mol. The number of pyridine rings is 1. The number of nitrogen functional groups attached to an aromatic ring is 1. The van der Waals surface area contributed by atoms with E-state index >= 15 is 0 Å². The van der Waals surface area contributed by atoms with Crippen LogP contribution in [0.3, 0.4) is 0 Å². The van der Waals surface area contributed by atoms with Crippen LogP contribution in [0.2, 0.25) is 0 Å². The van der Waals surface area contributed by atoms with Crippen LogP contribution >= 0.6 is 7.14 Å². The van der Waals surface area contributed by atoms with Crippen molar-refractivity contribution in [3.05, 3.63) is 47.7 Å². The van der Waals surface area contributed by atoms with Crippen molar-refractivity contribution in [2.45, 2.75) is 13.3 Å². The van der Waals surface area contributed by atoms with Gasteiger partial charge in [-0.05, 0) is 25.5 Å². The zero-order chi connectivity index (χ0) is 22.1. The predicted octanol–water partition coefficient (Wildman–Crippen LogP) is 3.52. The molecule has 0 fully saturated rings. The predicted molar refractivity (Wildman–Crippen MR) is 119 cm³/mol. The number of benzene rings is 1. The first kappa shape index (κ1) is 21.3. The zero-order valence-corrected chi connectivity index (χ0v) is 18.2. The van der Waals surface area contributed by atoms with Gasteiger partial charge < -0.3 is 15.6 Å². The van der Waals surface area contributed by atoms with Gasteiger partial charge in [0.1, 0.15) is 19.0 Å². The van der Waals surface area contributed by atoms with E-state index in [1.165, 1.54) is 6.20 Å². The Bertz CT molecular complexity index is 1220. The Morgan fingerprint density at radius 3 is 2.63 bits per heavy atom. The number of nitrogens with zero attached hydrogens (tertiary/aromatic N) is 4. The third kappa shape index (κ3) is 4.12. The van der Waals surface area contributed by atoms with Gasteiger partial charge in [-0.3, -0.25) is 9.48 Å². The summed E-state index contributed by atoms with van der Waals surface area (Å²) in [5, 5.41) is 17.5. The molecule has 3 N–H and O–H groups in total. The third-order valence-corrected chi connectivity index (χ3v) is 6.20. The molecule has 0 saturated carbocycles. The second kappa shape index (κ2) is 8.13. The lowest BCUT2D eigenvalue weighted by atomic mass is 10.0. The maximum atomic E-state index is 12.5. The average molecular weight is 422 g/mol. The van der Waals surface area contributed by atoms with Gasteiger partial charge in [0.2, 0.25) is 0 Å². The topological polar surface area (TPSA) is 127 Å². The number of hydrogen-bond donors (Lipinski definition) is 2. The minimum Gasteiger partial charge on any atom is -0.384 e. The van der Waals surface area contributed by atoms with Gasteiger partial charge in [0.15, 0.2) is 5.78 Å². The Balaban J connectivity index is 2.11. The first-order valence-corrected chi connectivity index (χ1v) is 11.9. The number of anilines is 3. The van der Waals surface area contributed by atoms with Gasteiger partial charge in [0, 0.05) is 31.3 Å². The minimum absolute atomic E-state index is 0.0873. The van der Waals surface area contributed by atoms with Crippen molar-refractivity contribution in [1.29, 1.82) is 5.26 Å². The smallest absolute Gasteiger partial charge is 0.166 e. The molecule has 0 radical (unpaired) electrons. The number of nitrogens with one attached hydrogen (secondary N) is 1. The third-order valence-electron chi connectivity index (χ3n) is 4.68. The number of ketones is 1. The molecule has 1 aromatic carbocycles. The van der Waals surface area contributed by atoms with Crippen molar-refractivity contribution in [3.63, 3.8) is 0 Å². The second-order valence-electron chi connectivity index (χ2n) is 7.26. The van der Waals surface area contributed by atoms with Gasteiger partial charge in [-0.25, -0.2) is 4.98 Å². The SMILES string of the molecule is CCC(=O)c1cnc(N)cc1Nc1cccc(-c2cc(P(C)(C)=O)n(C)n2)c1C#N. The molecule has 3 aromatic rings. The molecule has 0 amide bonds. The van der Waals surface area contributed by atoms with Crippen LogP contribution in [-0.4, -0.2) is 33.9 Å². The van der Waals surface area contributed by atoms with Crippen LogP contribution in [-0.2, 0) is 11.6 Å². The van der Waals surface area contributed by atoms with Crippen LogP contribution in [0.25, 0.3) is 11.3 Å². The molecule has 30 heavy (non-hydrogen) atoms. The summed E-state index contributed by atoms with van der Waals surface area (Å²) in [5.41, 5.74) is 9.33. The summed E-state index contributed by atoms with van der Waals surface area (Å²) in [7, 11) is -0.797. The quantitative estimate of drug-likeness (QED) is 0.460. The number of nitriles is 1. The number of carbonyl (C=O) groups is 1. The van der Waals surface area contributed by atoms with Gasteiger partial charge in [0.05, 0.1) is 33.6 Å². The molecule has 0 aliphatic heterocycles. The summed E-state index contributed by atoms with van der Waals surface area (Å²) in [6, 6.07) is 10.8. The van der Waals surface area contributed by atoms with Crippen LogP contribution in [0, 0.1) is 11.3 Å². The van der Waals surface area contributed by atoms with Crippen molar-refractivity contribution in [2.24, 2.45) is 7.05 Å².